The maximum absolute atomic E-state index is 13.1. The SMILES string of the molecule is CC/C=C\C/C=C\C/C=C\C/C=C\CCCCC(=O)OCC(COP(=O)(O)OCC(O)COP(=O)(O)OCC(COC(=O)CCCCCCCCC/C=C\C/C=C\C/C=C\CC)OC(=O)CCCCCCC/C=C\CCCCCCCC)OC(=O)CCCCCCCCCCCCC. The Hall–Kier alpha value is -4.02. The van der Waals surface area contributed by atoms with Crippen LogP contribution < -0.4 is 0 Å². The number of unbranched alkanes of at least 4 members (excludes halogenated alkanes) is 30. The first-order valence-electron chi connectivity index (χ1n) is 38.5. The van der Waals surface area contributed by atoms with Crippen molar-refractivity contribution in [1.82, 2.24) is 0 Å². The van der Waals surface area contributed by atoms with Gasteiger partial charge in [-0.1, -0.05) is 273 Å². The average molecular weight is 1420 g/mol. The van der Waals surface area contributed by atoms with Crippen LogP contribution in [0.4, 0.5) is 0 Å². The largest absolute Gasteiger partial charge is 0.472 e. The molecule has 566 valence electrons. The van der Waals surface area contributed by atoms with E-state index in [1.165, 1.54) is 77.0 Å². The van der Waals surface area contributed by atoms with Crippen LogP contribution in [0.3, 0.4) is 0 Å². The first kappa shape index (κ1) is 94.0. The zero-order chi connectivity index (χ0) is 71.8. The molecule has 0 fully saturated rings. The lowest BCUT2D eigenvalue weighted by atomic mass is 10.1. The third-order valence-corrected chi connectivity index (χ3v) is 17.9. The van der Waals surface area contributed by atoms with E-state index in [2.05, 4.69) is 125 Å². The lowest BCUT2D eigenvalue weighted by molar-refractivity contribution is -0.161. The van der Waals surface area contributed by atoms with Crippen LogP contribution in [0.2, 0.25) is 0 Å². The molecule has 0 aliphatic carbocycles. The number of rotatable bonds is 72. The Kier molecular flexibility index (Phi) is 68.4. The molecule has 0 radical (unpaired) electrons. The highest BCUT2D eigenvalue weighted by atomic mass is 31.2. The van der Waals surface area contributed by atoms with Crippen molar-refractivity contribution < 1.29 is 80.2 Å². The smallest absolute Gasteiger partial charge is 0.462 e. The summed E-state index contributed by atoms with van der Waals surface area (Å²) in [4.78, 5) is 72.8. The Balaban J connectivity index is 5.35. The zero-order valence-corrected chi connectivity index (χ0v) is 63.5. The molecule has 0 aliphatic heterocycles. The van der Waals surface area contributed by atoms with Crippen LogP contribution in [0.25, 0.3) is 0 Å². The van der Waals surface area contributed by atoms with Gasteiger partial charge in [0, 0.05) is 25.7 Å². The number of esters is 4. The molecule has 0 aromatic rings. The summed E-state index contributed by atoms with van der Waals surface area (Å²) in [6.45, 7) is 4.59. The normalized spacial score (nSPS) is 14.5. The summed E-state index contributed by atoms with van der Waals surface area (Å²) in [5.41, 5.74) is 0. The quantitative estimate of drug-likeness (QED) is 0.0169. The number of hydrogen-bond acceptors (Lipinski definition) is 15. The molecule has 17 nitrogen and oxygen atoms in total. The number of ether oxygens (including phenoxy) is 4. The summed E-state index contributed by atoms with van der Waals surface area (Å²) in [7, 11) is -9.96. The molecule has 0 aliphatic rings. The summed E-state index contributed by atoms with van der Waals surface area (Å²) in [6.07, 6.45) is 74.0. The van der Waals surface area contributed by atoms with Crippen LogP contribution in [0.5, 0.6) is 0 Å². The van der Waals surface area contributed by atoms with Crippen LogP contribution in [-0.4, -0.2) is 96.7 Å². The van der Waals surface area contributed by atoms with Gasteiger partial charge in [0.25, 0.3) is 0 Å². The number of aliphatic hydroxyl groups excluding tert-OH is 1. The zero-order valence-electron chi connectivity index (χ0n) is 61.7. The highest BCUT2D eigenvalue weighted by Gasteiger charge is 2.30. The molecule has 0 spiro atoms. The minimum atomic E-state index is -4.98. The van der Waals surface area contributed by atoms with E-state index in [1.54, 1.807) is 0 Å². The van der Waals surface area contributed by atoms with Gasteiger partial charge in [0.2, 0.25) is 0 Å². The highest BCUT2D eigenvalue weighted by molar-refractivity contribution is 7.47. The van der Waals surface area contributed by atoms with Crippen LogP contribution in [0, 0.1) is 0 Å². The van der Waals surface area contributed by atoms with Gasteiger partial charge >= 0.3 is 39.5 Å². The van der Waals surface area contributed by atoms with Gasteiger partial charge < -0.3 is 33.8 Å². The lowest BCUT2D eigenvalue weighted by Gasteiger charge is -2.21. The Bertz CT molecular complexity index is 2240. The molecule has 0 bridgehead atoms. The van der Waals surface area contributed by atoms with E-state index in [4.69, 9.17) is 37.0 Å². The van der Waals surface area contributed by atoms with E-state index in [1.807, 2.05) is 0 Å². The number of hydrogen-bond donors (Lipinski definition) is 3. The van der Waals surface area contributed by atoms with Gasteiger partial charge in [-0.2, -0.15) is 0 Å². The second-order valence-electron chi connectivity index (χ2n) is 25.5. The van der Waals surface area contributed by atoms with E-state index < -0.39 is 97.5 Å². The third kappa shape index (κ3) is 70.4. The first-order valence-corrected chi connectivity index (χ1v) is 41.5. The molecule has 0 saturated carbocycles. The molecule has 3 N–H and O–H groups in total. The fourth-order valence-electron chi connectivity index (χ4n) is 10.2. The topological polar surface area (TPSA) is 237 Å². The summed E-state index contributed by atoms with van der Waals surface area (Å²) >= 11 is 0. The summed E-state index contributed by atoms with van der Waals surface area (Å²) in [5.74, 6) is -2.23. The van der Waals surface area contributed by atoms with Gasteiger partial charge in [0.15, 0.2) is 12.2 Å². The number of phosphoric acid groups is 2. The van der Waals surface area contributed by atoms with Gasteiger partial charge in [-0.3, -0.25) is 37.3 Å². The standard InChI is InChI=1S/C79H138O17P2/c1-5-9-13-17-21-25-29-32-35-36-39-41-45-48-52-56-60-64-77(82)90-70-75(96-79(84)66-62-58-54-50-46-42-38-34-31-27-23-19-15-11-7-3)72-94-98(87,88)92-68-73(80)67-91-97(85,86)93-71-74(95-78(83)65-61-57-53-49-43-28-24-20-16-12-8-4)69-89-76(81)63-59-55-51-47-44-40-37-33-30-26-22-18-14-10-6-2/h9-10,13-14,21-22,25-26,32-35,37-38,44,47,73-75,80H,5-8,11-12,15-20,23-24,27-31,36,39-43,45-46,48-72H2,1-4H3,(H,85,86)(H,87,88)/b13-9-,14-10-,25-21-,26-22-,35-32-,37-33-,38-34-,47-44-. The molecule has 5 unspecified atom stereocenters. The molecule has 0 aromatic heterocycles. The molecule has 5 atom stereocenters. The fourth-order valence-corrected chi connectivity index (χ4v) is 11.8. The van der Waals surface area contributed by atoms with Gasteiger partial charge in [0.05, 0.1) is 26.4 Å². The number of aliphatic hydroxyl groups is 1. The first-order chi connectivity index (χ1) is 47.7. The Morgan fingerprint density at radius 1 is 0.296 bits per heavy atom. The molecule has 0 rings (SSSR count). The molecular weight excluding hydrogens is 1280 g/mol. The number of phosphoric ester groups is 2. The Morgan fingerprint density at radius 2 is 0.531 bits per heavy atom. The van der Waals surface area contributed by atoms with Gasteiger partial charge in [-0.05, 0) is 122 Å². The summed E-state index contributed by atoms with van der Waals surface area (Å²) in [6, 6.07) is 0. The van der Waals surface area contributed by atoms with Crippen molar-refractivity contribution in [3.63, 3.8) is 0 Å². The second kappa shape index (κ2) is 71.4. The molecule has 0 saturated heterocycles. The van der Waals surface area contributed by atoms with Crippen molar-refractivity contribution >= 4 is 39.5 Å². The van der Waals surface area contributed by atoms with Crippen LogP contribution in [0.15, 0.2) is 97.2 Å². The molecule has 0 heterocycles. The molecular formula is C79H138O17P2. The fraction of sp³-hybridized carbons (Fsp3) is 0.747. The Morgan fingerprint density at radius 3 is 0.847 bits per heavy atom. The van der Waals surface area contributed by atoms with Crippen molar-refractivity contribution in [2.75, 3.05) is 39.6 Å². The van der Waals surface area contributed by atoms with Gasteiger partial charge in [0.1, 0.15) is 19.3 Å². The van der Waals surface area contributed by atoms with E-state index in [9.17, 15) is 43.2 Å². The molecule has 0 aromatic carbocycles. The van der Waals surface area contributed by atoms with Crippen molar-refractivity contribution in [3.05, 3.63) is 97.2 Å². The summed E-state index contributed by atoms with van der Waals surface area (Å²) < 4.78 is 68.4. The van der Waals surface area contributed by atoms with E-state index >= 15 is 0 Å². The lowest BCUT2D eigenvalue weighted by Crippen LogP contribution is -2.30. The molecule has 0 amide bonds. The van der Waals surface area contributed by atoms with Crippen LogP contribution in [-0.2, 0) is 65.4 Å². The minimum absolute atomic E-state index is 0.0829. The molecule has 19 heteroatoms. The van der Waals surface area contributed by atoms with Crippen molar-refractivity contribution in [1.29, 1.82) is 0 Å². The van der Waals surface area contributed by atoms with Crippen LogP contribution in [0.1, 0.15) is 323 Å². The highest BCUT2D eigenvalue weighted by Crippen LogP contribution is 2.45. The Labute approximate surface area is 595 Å². The second-order valence-corrected chi connectivity index (χ2v) is 28.4. The van der Waals surface area contributed by atoms with E-state index in [0.717, 1.165) is 167 Å². The van der Waals surface area contributed by atoms with E-state index in [0.29, 0.717) is 25.7 Å². The van der Waals surface area contributed by atoms with Gasteiger partial charge in [-0.25, -0.2) is 9.13 Å². The van der Waals surface area contributed by atoms with Crippen molar-refractivity contribution in [2.45, 2.75) is 341 Å². The van der Waals surface area contributed by atoms with Crippen molar-refractivity contribution in [3.8, 4) is 0 Å². The maximum atomic E-state index is 13.1. The van der Waals surface area contributed by atoms with Crippen molar-refractivity contribution in [2.24, 2.45) is 0 Å². The predicted molar refractivity (Wildman–Crippen MR) is 399 cm³/mol. The predicted octanol–water partition coefficient (Wildman–Crippen LogP) is 22.0. The maximum Gasteiger partial charge on any atom is 0.472 e. The minimum Gasteiger partial charge on any atom is -0.462 e. The number of carbonyl (C=O) groups excluding carboxylic acids is 4. The number of allylic oxidation sites excluding steroid dienone is 16. The van der Waals surface area contributed by atoms with Crippen LogP contribution >= 0.6 is 15.6 Å². The number of carbonyl (C=O) groups is 4. The monoisotopic (exact) mass is 1420 g/mol. The van der Waals surface area contributed by atoms with E-state index in [-0.39, 0.29) is 25.7 Å². The van der Waals surface area contributed by atoms with Gasteiger partial charge in [-0.15, -0.1) is 0 Å². The molecule has 98 heavy (non-hydrogen) atoms. The average Bonchev–Trinajstić information content (AvgIpc) is 0.985. The summed E-state index contributed by atoms with van der Waals surface area (Å²) in [5, 5.41) is 10.6. The third-order valence-electron chi connectivity index (χ3n) is 16.0.